The molecule has 2 heterocycles. The van der Waals surface area contributed by atoms with Crippen molar-refractivity contribution in [2.24, 2.45) is 0 Å². The van der Waals surface area contributed by atoms with Gasteiger partial charge in [-0.25, -0.2) is 15.0 Å². The van der Waals surface area contributed by atoms with Crippen LogP contribution in [0, 0.1) is 6.92 Å². The summed E-state index contributed by atoms with van der Waals surface area (Å²) in [5.41, 5.74) is 0.237. The van der Waals surface area contributed by atoms with Crippen molar-refractivity contribution in [3.63, 3.8) is 0 Å². The standard InChI is InChI=1S/C17H13F3N4OS/c1-9(25)11-4-3-5-12(8-11)23-16-21-7-6-13(24-16)14-15(17(18,19)20)22-10(2)26-14/h3-8H,1-2H3,(H,21,23,24). The van der Waals surface area contributed by atoms with Gasteiger partial charge in [-0.15, -0.1) is 11.3 Å². The maximum absolute atomic E-state index is 13.2. The largest absolute Gasteiger partial charge is 0.434 e. The Hall–Kier alpha value is -2.81. The fourth-order valence-electron chi connectivity index (χ4n) is 2.28. The third kappa shape index (κ3) is 3.88. The summed E-state index contributed by atoms with van der Waals surface area (Å²) in [5, 5.41) is 3.20. The van der Waals surface area contributed by atoms with Crippen LogP contribution in [0.2, 0.25) is 0 Å². The van der Waals surface area contributed by atoms with Gasteiger partial charge in [0.1, 0.15) is 0 Å². The number of carbonyl (C=O) groups excluding carboxylic acids is 1. The SMILES string of the molecule is CC(=O)c1cccc(Nc2nccc(-c3sc(C)nc3C(F)(F)F)n2)c1. The van der Waals surface area contributed by atoms with Crippen molar-refractivity contribution in [2.45, 2.75) is 20.0 Å². The zero-order valence-corrected chi connectivity index (χ0v) is 14.6. The summed E-state index contributed by atoms with van der Waals surface area (Å²) in [5.74, 6) is 0.0284. The highest BCUT2D eigenvalue weighted by Crippen LogP contribution is 2.39. The first-order chi connectivity index (χ1) is 12.2. The van der Waals surface area contributed by atoms with E-state index in [1.807, 2.05) is 0 Å². The van der Waals surface area contributed by atoms with Gasteiger partial charge in [0.15, 0.2) is 11.5 Å². The lowest BCUT2D eigenvalue weighted by Gasteiger charge is -2.08. The molecule has 0 unspecified atom stereocenters. The van der Waals surface area contributed by atoms with Crippen molar-refractivity contribution in [3.05, 3.63) is 52.8 Å². The molecule has 1 aromatic carbocycles. The van der Waals surface area contributed by atoms with E-state index in [0.29, 0.717) is 16.3 Å². The average Bonchev–Trinajstić information content (AvgIpc) is 2.98. The number of hydrogen-bond acceptors (Lipinski definition) is 6. The minimum absolute atomic E-state index is 0.0575. The second kappa shape index (κ2) is 6.83. The van der Waals surface area contributed by atoms with Gasteiger partial charge >= 0.3 is 6.18 Å². The van der Waals surface area contributed by atoms with E-state index in [1.54, 1.807) is 24.3 Å². The summed E-state index contributed by atoms with van der Waals surface area (Å²) in [6.07, 6.45) is -3.19. The molecule has 9 heteroatoms. The molecule has 1 N–H and O–H groups in total. The van der Waals surface area contributed by atoms with Gasteiger partial charge in [0.05, 0.1) is 15.6 Å². The fraction of sp³-hybridized carbons (Fsp3) is 0.176. The number of rotatable bonds is 4. The van der Waals surface area contributed by atoms with E-state index in [9.17, 15) is 18.0 Å². The van der Waals surface area contributed by atoms with Crippen molar-refractivity contribution >= 4 is 28.8 Å². The summed E-state index contributed by atoms with van der Waals surface area (Å²) in [6.45, 7) is 2.96. The summed E-state index contributed by atoms with van der Waals surface area (Å²) < 4.78 is 39.5. The predicted octanol–water partition coefficient (Wildman–Crippen LogP) is 4.87. The monoisotopic (exact) mass is 378 g/mol. The van der Waals surface area contributed by atoms with E-state index >= 15 is 0 Å². The first-order valence-electron chi connectivity index (χ1n) is 7.50. The topological polar surface area (TPSA) is 67.8 Å². The zero-order valence-electron chi connectivity index (χ0n) is 13.8. The fourth-order valence-corrected chi connectivity index (χ4v) is 3.19. The number of carbonyl (C=O) groups is 1. The summed E-state index contributed by atoms with van der Waals surface area (Å²) in [7, 11) is 0. The first kappa shape index (κ1) is 18.0. The molecular weight excluding hydrogens is 365 g/mol. The van der Waals surface area contributed by atoms with Gasteiger partial charge in [-0.1, -0.05) is 12.1 Å². The number of nitrogens with zero attached hydrogens (tertiary/aromatic N) is 3. The molecule has 0 amide bonds. The maximum Gasteiger partial charge on any atom is 0.434 e. The van der Waals surface area contributed by atoms with Crippen LogP contribution in [0.15, 0.2) is 36.5 Å². The number of nitrogens with one attached hydrogen (secondary N) is 1. The van der Waals surface area contributed by atoms with E-state index in [0.717, 1.165) is 11.3 Å². The number of benzene rings is 1. The summed E-state index contributed by atoms with van der Waals surface area (Å²) >= 11 is 0.922. The van der Waals surface area contributed by atoms with Crippen molar-refractivity contribution in [1.29, 1.82) is 0 Å². The number of alkyl halides is 3. The van der Waals surface area contributed by atoms with Crippen LogP contribution < -0.4 is 5.32 Å². The molecule has 0 aliphatic carbocycles. The maximum atomic E-state index is 13.2. The van der Waals surface area contributed by atoms with Crippen molar-refractivity contribution < 1.29 is 18.0 Å². The van der Waals surface area contributed by atoms with Gasteiger partial charge in [0.2, 0.25) is 5.95 Å². The number of anilines is 2. The second-order valence-electron chi connectivity index (χ2n) is 5.44. The molecule has 2 aromatic heterocycles. The molecule has 134 valence electrons. The van der Waals surface area contributed by atoms with Gasteiger partial charge in [-0.3, -0.25) is 4.79 Å². The number of hydrogen-bond donors (Lipinski definition) is 1. The quantitative estimate of drug-likeness (QED) is 0.656. The van der Waals surface area contributed by atoms with Gasteiger partial charge in [0.25, 0.3) is 0 Å². The van der Waals surface area contributed by atoms with E-state index in [4.69, 9.17) is 0 Å². The number of ketones is 1. The zero-order chi connectivity index (χ0) is 18.9. The normalized spacial score (nSPS) is 11.4. The highest BCUT2D eigenvalue weighted by atomic mass is 32.1. The third-order valence-electron chi connectivity index (χ3n) is 3.42. The van der Waals surface area contributed by atoms with Crippen LogP contribution >= 0.6 is 11.3 Å². The van der Waals surface area contributed by atoms with Crippen molar-refractivity contribution in [2.75, 3.05) is 5.32 Å². The minimum Gasteiger partial charge on any atom is -0.324 e. The van der Waals surface area contributed by atoms with Gasteiger partial charge in [-0.2, -0.15) is 13.2 Å². The lowest BCUT2D eigenvalue weighted by Crippen LogP contribution is -2.08. The van der Waals surface area contributed by atoms with Crippen molar-refractivity contribution in [1.82, 2.24) is 15.0 Å². The molecule has 5 nitrogen and oxygen atoms in total. The number of Topliss-reactive ketones (excluding diaryl/α,β-unsaturated/α-hetero) is 1. The Kier molecular flexibility index (Phi) is 4.73. The predicted molar refractivity (Wildman–Crippen MR) is 92.6 cm³/mol. The molecule has 0 aliphatic heterocycles. The smallest absolute Gasteiger partial charge is 0.324 e. The Labute approximate surface area is 151 Å². The molecule has 0 atom stereocenters. The Bertz CT molecular complexity index is 969. The number of aryl methyl sites for hydroxylation is 1. The molecule has 0 fully saturated rings. The van der Waals surface area contributed by atoms with Crippen LogP contribution in [0.25, 0.3) is 10.6 Å². The first-order valence-corrected chi connectivity index (χ1v) is 8.32. The molecule has 0 radical (unpaired) electrons. The highest BCUT2D eigenvalue weighted by Gasteiger charge is 2.37. The molecule has 26 heavy (non-hydrogen) atoms. The highest BCUT2D eigenvalue weighted by molar-refractivity contribution is 7.15. The Morgan fingerprint density at radius 3 is 2.65 bits per heavy atom. The Morgan fingerprint density at radius 1 is 1.19 bits per heavy atom. The van der Waals surface area contributed by atoms with Gasteiger partial charge in [0, 0.05) is 17.4 Å². The molecular formula is C17H13F3N4OS. The molecule has 0 spiro atoms. The Morgan fingerprint density at radius 2 is 1.96 bits per heavy atom. The van der Waals surface area contributed by atoms with Crippen LogP contribution in [0.5, 0.6) is 0 Å². The van der Waals surface area contributed by atoms with Crippen LogP contribution in [-0.2, 0) is 6.18 Å². The van der Waals surface area contributed by atoms with Gasteiger partial charge in [-0.05, 0) is 32.0 Å². The van der Waals surface area contributed by atoms with E-state index in [1.165, 1.54) is 26.1 Å². The number of thiazole rings is 1. The Balaban J connectivity index is 1.95. The van der Waals surface area contributed by atoms with E-state index in [-0.39, 0.29) is 22.3 Å². The molecule has 0 saturated heterocycles. The summed E-state index contributed by atoms with van der Waals surface area (Å²) in [4.78, 5) is 23.2. The minimum atomic E-state index is -4.56. The second-order valence-corrected chi connectivity index (χ2v) is 6.64. The molecule has 0 saturated carbocycles. The number of aromatic nitrogens is 3. The van der Waals surface area contributed by atoms with Crippen LogP contribution in [0.4, 0.5) is 24.8 Å². The molecule has 3 rings (SSSR count). The summed E-state index contributed by atoms with van der Waals surface area (Å²) in [6, 6.07) is 8.09. The van der Waals surface area contributed by atoms with Crippen LogP contribution in [0.1, 0.15) is 28.0 Å². The van der Waals surface area contributed by atoms with Crippen LogP contribution in [-0.4, -0.2) is 20.7 Å². The lowest BCUT2D eigenvalue weighted by molar-refractivity contribution is -0.140. The molecule has 3 aromatic rings. The third-order valence-corrected chi connectivity index (χ3v) is 4.41. The molecule has 0 aliphatic rings. The van der Waals surface area contributed by atoms with Crippen molar-refractivity contribution in [3.8, 4) is 10.6 Å². The molecule has 0 bridgehead atoms. The van der Waals surface area contributed by atoms with Crippen LogP contribution in [0.3, 0.4) is 0 Å². The lowest BCUT2D eigenvalue weighted by atomic mass is 10.1. The van der Waals surface area contributed by atoms with E-state index < -0.39 is 11.9 Å². The number of halogens is 3. The van der Waals surface area contributed by atoms with Gasteiger partial charge < -0.3 is 5.32 Å². The average molecular weight is 378 g/mol. The van der Waals surface area contributed by atoms with E-state index in [2.05, 4.69) is 20.3 Å².